The maximum atomic E-state index is 13.6. The number of rotatable bonds is 7. The molecule has 1 aromatic heterocycles. The molecule has 0 bridgehead atoms. The van der Waals surface area contributed by atoms with E-state index >= 15 is 0 Å². The number of nitrogens with zero attached hydrogens (tertiary/aromatic N) is 1. The van der Waals surface area contributed by atoms with Crippen molar-refractivity contribution in [2.24, 2.45) is 0 Å². The number of hydrogen-bond donors (Lipinski definition) is 2. The van der Waals surface area contributed by atoms with Crippen molar-refractivity contribution in [1.29, 1.82) is 0 Å². The molecule has 0 unspecified atom stereocenters. The number of phenolic OH excluding ortho intramolecular Hbond substituents is 1. The molecule has 5 nitrogen and oxygen atoms in total. The van der Waals surface area contributed by atoms with Crippen LogP contribution in [0.5, 0.6) is 23.0 Å². The Kier molecular flexibility index (Phi) is 6.70. The molecule has 1 heterocycles. The zero-order chi connectivity index (χ0) is 24.3. The van der Waals surface area contributed by atoms with E-state index in [9.17, 15) is 18.3 Å². The Morgan fingerprint density at radius 3 is 2.21 bits per heavy atom. The second-order valence-electron chi connectivity index (χ2n) is 7.47. The lowest BCUT2D eigenvalue weighted by Gasteiger charge is -2.12. The number of aromatic amines is 1. The molecule has 0 spiro atoms. The van der Waals surface area contributed by atoms with Crippen molar-refractivity contribution in [3.63, 3.8) is 0 Å². The minimum Gasteiger partial charge on any atom is -0.507 e. The highest BCUT2D eigenvalue weighted by atomic mass is 35.5. The van der Waals surface area contributed by atoms with E-state index in [1.807, 2.05) is 12.0 Å². The van der Waals surface area contributed by atoms with Crippen LogP contribution < -0.4 is 9.47 Å². The lowest BCUT2D eigenvalue weighted by Crippen LogP contribution is -2.07. The van der Waals surface area contributed by atoms with Gasteiger partial charge in [-0.15, -0.1) is 0 Å². The Hall–Kier alpha value is -3.65. The van der Waals surface area contributed by atoms with Crippen LogP contribution in [-0.2, 0) is 19.2 Å². The fourth-order valence-electron chi connectivity index (χ4n) is 3.27. The van der Waals surface area contributed by atoms with E-state index in [0.717, 1.165) is 17.5 Å². The number of nitrogens with one attached hydrogen (secondary N) is 1. The highest BCUT2D eigenvalue weighted by Gasteiger charge is 2.39. The van der Waals surface area contributed by atoms with Gasteiger partial charge in [0.2, 0.25) is 0 Å². The van der Waals surface area contributed by atoms with E-state index in [-0.39, 0.29) is 29.4 Å². The van der Waals surface area contributed by atoms with Gasteiger partial charge in [-0.05, 0) is 53.9 Å². The molecule has 0 aliphatic heterocycles. The first kappa shape index (κ1) is 23.5. The average Bonchev–Trinajstić information content (AvgIpc) is 3.23. The van der Waals surface area contributed by atoms with Crippen molar-refractivity contribution in [2.75, 3.05) is 0 Å². The third kappa shape index (κ3) is 5.28. The van der Waals surface area contributed by atoms with Crippen LogP contribution >= 0.6 is 11.6 Å². The second-order valence-corrected chi connectivity index (χ2v) is 7.90. The van der Waals surface area contributed by atoms with Crippen LogP contribution in [0, 0.1) is 0 Å². The molecule has 4 aromatic rings. The number of aryl methyl sites for hydroxylation is 1. The molecule has 0 amide bonds. The Morgan fingerprint density at radius 2 is 1.59 bits per heavy atom. The van der Waals surface area contributed by atoms with Gasteiger partial charge in [0.25, 0.3) is 0 Å². The van der Waals surface area contributed by atoms with Gasteiger partial charge in [0.1, 0.15) is 29.5 Å². The van der Waals surface area contributed by atoms with Gasteiger partial charge >= 0.3 is 6.18 Å². The number of hydrogen-bond acceptors (Lipinski definition) is 4. The minimum atomic E-state index is -4.73. The number of H-pyrrole nitrogens is 1. The van der Waals surface area contributed by atoms with Crippen molar-refractivity contribution >= 4 is 11.6 Å². The van der Waals surface area contributed by atoms with E-state index in [1.54, 1.807) is 48.5 Å². The van der Waals surface area contributed by atoms with Gasteiger partial charge in [0, 0.05) is 16.7 Å². The van der Waals surface area contributed by atoms with E-state index in [1.165, 1.54) is 18.2 Å². The van der Waals surface area contributed by atoms with Crippen molar-refractivity contribution < 1.29 is 27.8 Å². The molecular formula is C25H20ClF3N2O3. The predicted octanol–water partition coefficient (Wildman–Crippen LogP) is 7.39. The molecule has 0 saturated carbocycles. The summed E-state index contributed by atoms with van der Waals surface area (Å²) in [6.45, 7) is 2.19. The van der Waals surface area contributed by atoms with Crippen LogP contribution in [0.1, 0.15) is 23.7 Å². The molecule has 2 N–H and O–H groups in total. The summed E-state index contributed by atoms with van der Waals surface area (Å²) in [5, 5.41) is 16.9. The number of phenols is 1. The highest BCUT2D eigenvalue weighted by molar-refractivity contribution is 6.30. The van der Waals surface area contributed by atoms with Gasteiger partial charge < -0.3 is 14.6 Å². The third-order valence-corrected chi connectivity index (χ3v) is 5.35. The quantitative estimate of drug-likeness (QED) is 0.284. The number of benzene rings is 3. The monoisotopic (exact) mass is 488 g/mol. The molecule has 4 rings (SSSR count). The van der Waals surface area contributed by atoms with E-state index in [0.29, 0.717) is 10.8 Å². The Morgan fingerprint density at radius 1 is 0.941 bits per heavy atom. The first-order valence-corrected chi connectivity index (χ1v) is 10.8. The normalized spacial score (nSPS) is 11.4. The summed E-state index contributed by atoms with van der Waals surface area (Å²) in [5.41, 5.74) is 0.617. The van der Waals surface area contributed by atoms with Crippen LogP contribution in [0.25, 0.3) is 11.3 Å². The molecule has 0 saturated heterocycles. The zero-order valence-corrected chi connectivity index (χ0v) is 18.7. The molecule has 3 aromatic carbocycles. The third-order valence-electron chi connectivity index (χ3n) is 5.10. The lowest BCUT2D eigenvalue weighted by molar-refractivity contribution is -0.142. The average molecular weight is 489 g/mol. The van der Waals surface area contributed by atoms with Gasteiger partial charge in [-0.2, -0.15) is 18.3 Å². The number of halogens is 4. The second kappa shape index (κ2) is 9.69. The van der Waals surface area contributed by atoms with E-state index < -0.39 is 17.6 Å². The van der Waals surface area contributed by atoms with Crippen molar-refractivity contribution in [1.82, 2.24) is 10.2 Å². The summed E-state index contributed by atoms with van der Waals surface area (Å²) in [4.78, 5) is 0. The van der Waals surface area contributed by atoms with Crippen LogP contribution in [0.2, 0.25) is 5.02 Å². The largest absolute Gasteiger partial charge is 0.507 e. The SMILES string of the molecule is CCc1ccc(Oc2c(-c3ccc(OCc4ccc(Cl)cc4)cc3O)n[nH]c2C(F)(F)F)cc1. The molecule has 9 heteroatoms. The Labute approximate surface area is 198 Å². The van der Waals surface area contributed by atoms with Gasteiger partial charge in [0.15, 0.2) is 11.4 Å². The summed E-state index contributed by atoms with van der Waals surface area (Å²) in [7, 11) is 0. The molecule has 0 radical (unpaired) electrons. The van der Waals surface area contributed by atoms with Gasteiger partial charge in [-0.1, -0.05) is 42.8 Å². The van der Waals surface area contributed by atoms with Gasteiger partial charge in [-0.25, -0.2) is 0 Å². The van der Waals surface area contributed by atoms with Gasteiger partial charge in [-0.3, -0.25) is 5.10 Å². The molecular weight excluding hydrogens is 469 g/mol. The first-order valence-electron chi connectivity index (χ1n) is 10.4. The maximum Gasteiger partial charge on any atom is 0.436 e. The number of ether oxygens (including phenoxy) is 2. The lowest BCUT2D eigenvalue weighted by atomic mass is 10.1. The molecule has 0 atom stereocenters. The van der Waals surface area contributed by atoms with Crippen molar-refractivity contribution in [3.8, 4) is 34.3 Å². The summed E-state index contributed by atoms with van der Waals surface area (Å²) < 4.78 is 52.1. The molecule has 34 heavy (non-hydrogen) atoms. The van der Waals surface area contributed by atoms with Crippen LogP contribution in [0.4, 0.5) is 13.2 Å². The molecule has 0 fully saturated rings. The van der Waals surface area contributed by atoms with Gasteiger partial charge in [0.05, 0.1) is 0 Å². The first-order chi connectivity index (χ1) is 16.2. The van der Waals surface area contributed by atoms with Crippen LogP contribution in [-0.4, -0.2) is 15.3 Å². The maximum absolute atomic E-state index is 13.6. The summed E-state index contributed by atoms with van der Waals surface area (Å²) in [6, 6.07) is 18.1. The van der Waals surface area contributed by atoms with Crippen LogP contribution in [0.3, 0.4) is 0 Å². The fourth-order valence-corrected chi connectivity index (χ4v) is 3.39. The summed E-state index contributed by atoms with van der Waals surface area (Å²) in [5.74, 6) is -0.282. The minimum absolute atomic E-state index is 0.0609. The van der Waals surface area contributed by atoms with Crippen LogP contribution in [0.15, 0.2) is 66.7 Å². The zero-order valence-electron chi connectivity index (χ0n) is 18.0. The van der Waals surface area contributed by atoms with Crippen molar-refractivity contribution in [3.05, 3.63) is 88.6 Å². The highest BCUT2D eigenvalue weighted by Crippen LogP contribution is 2.45. The predicted molar refractivity (Wildman–Crippen MR) is 122 cm³/mol. The number of alkyl halides is 3. The standard InChI is InChI=1S/C25H20ClF3N2O3/c1-2-15-5-9-18(10-6-15)34-23-22(30-31-24(23)25(27,28)29)20-12-11-19(13-21(20)32)33-14-16-3-7-17(26)8-4-16/h3-13,32H,2,14H2,1H3,(H,30,31). The topological polar surface area (TPSA) is 67.4 Å². The summed E-state index contributed by atoms with van der Waals surface area (Å²) >= 11 is 5.87. The molecule has 176 valence electrons. The van der Waals surface area contributed by atoms with Crippen molar-refractivity contribution in [2.45, 2.75) is 26.1 Å². The Bertz CT molecular complexity index is 1270. The molecule has 0 aliphatic carbocycles. The number of aromatic hydroxyl groups is 1. The molecule has 0 aliphatic rings. The number of aromatic nitrogens is 2. The smallest absolute Gasteiger partial charge is 0.436 e. The van der Waals surface area contributed by atoms with E-state index in [4.69, 9.17) is 21.1 Å². The van der Waals surface area contributed by atoms with E-state index in [2.05, 4.69) is 5.10 Å². The summed E-state index contributed by atoms with van der Waals surface area (Å²) in [6.07, 6.45) is -3.95. The Balaban J connectivity index is 1.62. The fraction of sp³-hybridized carbons (Fsp3) is 0.160.